The highest BCUT2D eigenvalue weighted by Crippen LogP contribution is 2.26. The number of hydrogen-bond acceptors (Lipinski definition) is 4. The number of carbonyl (C=O) groups excluding carboxylic acids is 2. The zero-order chi connectivity index (χ0) is 18.7. The number of nitrogens with one attached hydrogen (secondary N) is 1. The number of Topliss-reactive ketones (excluding diaryl/α,β-unsaturated/α-hetero) is 1. The first kappa shape index (κ1) is 18.2. The summed E-state index contributed by atoms with van der Waals surface area (Å²) in [7, 11) is 1.54. The number of esters is 1. The molecule has 0 saturated carbocycles. The first-order valence-corrected chi connectivity index (χ1v) is 8.97. The van der Waals surface area contributed by atoms with Crippen molar-refractivity contribution in [1.29, 1.82) is 0 Å². The van der Waals surface area contributed by atoms with Crippen LogP contribution in [0.2, 0.25) is 0 Å². The van der Waals surface area contributed by atoms with Crippen LogP contribution in [0, 0.1) is 0 Å². The fourth-order valence-electron chi connectivity index (χ4n) is 2.83. The number of H-pyrrole nitrogens is 1. The van der Waals surface area contributed by atoms with Crippen LogP contribution in [0.3, 0.4) is 0 Å². The van der Waals surface area contributed by atoms with Gasteiger partial charge in [0.2, 0.25) is 5.78 Å². The van der Waals surface area contributed by atoms with E-state index in [1.165, 1.54) is 0 Å². The van der Waals surface area contributed by atoms with Gasteiger partial charge in [-0.25, -0.2) is 4.79 Å². The number of aromatic nitrogens is 1. The Labute approximate surface area is 159 Å². The van der Waals surface area contributed by atoms with E-state index < -0.39 is 5.97 Å². The molecule has 5 nitrogen and oxygen atoms in total. The lowest BCUT2D eigenvalue weighted by Gasteiger charge is -2.07. The maximum atomic E-state index is 12.5. The van der Waals surface area contributed by atoms with Gasteiger partial charge in [-0.05, 0) is 46.1 Å². The van der Waals surface area contributed by atoms with E-state index in [4.69, 9.17) is 9.47 Å². The molecule has 0 fully saturated rings. The first-order chi connectivity index (χ1) is 12.5. The van der Waals surface area contributed by atoms with Gasteiger partial charge in [0, 0.05) is 22.7 Å². The number of ketones is 1. The molecule has 3 aromatic rings. The third-order valence-electron chi connectivity index (χ3n) is 4.20. The minimum Gasteiger partial charge on any atom is -0.496 e. The highest BCUT2D eigenvalue weighted by molar-refractivity contribution is 9.10. The van der Waals surface area contributed by atoms with Crippen molar-refractivity contribution in [2.45, 2.75) is 13.3 Å². The van der Waals surface area contributed by atoms with Crippen molar-refractivity contribution in [3.63, 3.8) is 0 Å². The molecule has 0 bridgehead atoms. The van der Waals surface area contributed by atoms with Gasteiger partial charge in [-0.2, -0.15) is 0 Å². The zero-order valence-electron chi connectivity index (χ0n) is 14.5. The lowest BCUT2D eigenvalue weighted by Crippen LogP contribution is -2.14. The van der Waals surface area contributed by atoms with Crippen LogP contribution in [0.25, 0.3) is 10.9 Å². The number of ether oxygens (including phenoxy) is 2. The number of aromatic amines is 1. The van der Waals surface area contributed by atoms with Crippen LogP contribution < -0.4 is 4.74 Å². The molecule has 2 aromatic carbocycles. The van der Waals surface area contributed by atoms with Crippen LogP contribution in [0.4, 0.5) is 0 Å². The summed E-state index contributed by atoms with van der Waals surface area (Å²) in [6.07, 6.45) is 2.54. The number of carbonyl (C=O) groups is 2. The average molecular weight is 416 g/mol. The number of fused-ring (bicyclic) bond motifs is 1. The third-order valence-corrected chi connectivity index (χ3v) is 4.82. The van der Waals surface area contributed by atoms with Gasteiger partial charge >= 0.3 is 5.97 Å². The Morgan fingerprint density at radius 2 is 2.00 bits per heavy atom. The molecule has 0 atom stereocenters. The Morgan fingerprint density at radius 3 is 2.69 bits per heavy atom. The average Bonchev–Trinajstić information content (AvgIpc) is 3.10. The molecular formula is C20H18BrNO4. The second-order valence-electron chi connectivity index (χ2n) is 5.74. The maximum absolute atomic E-state index is 12.5. The summed E-state index contributed by atoms with van der Waals surface area (Å²) >= 11 is 3.32. The fourth-order valence-corrected chi connectivity index (χ4v) is 3.37. The maximum Gasteiger partial charge on any atom is 0.338 e. The van der Waals surface area contributed by atoms with Crippen molar-refractivity contribution in [2.75, 3.05) is 13.7 Å². The zero-order valence-corrected chi connectivity index (χ0v) is 16.1. The summed E-state index contributed by atoms with van der Waals surface area (Å²) in [6, 6.07) is 10.7. The van der Waals surface area contributed by atoms with Crippen molar-refractivity contribution in [3.05, 3.63) is 63.8 Å². The summed E-state index contributed by atoms with van der Waals surface area (Å²) in [6.45, 7) is 1.75. The number of rotatable bonds is 6. The number of benzene rings is 2. The van der Waals surface area contributed by atoms with E-state index in [9.17, 15) is 9.59 Å². The molecule has 1 heterocycles. The Bertz CT molecular complexity index is 977. The molecule has 1 N–H and O–H groups in total. The third kappa shape index (κ3) is 3.51. The second-order valence-corrected chi connectivity index (χ2v) is 6.60. The molecule has 1 aromatic heterocycles. The van der Waals surface area contributed by atoms with Crippen molar-refractivity contribution in [1.82, 2.24) is 4.98 Å². The molecule has 0 radical (unpaired) electrons. The minimum atomic E-state index is -0.559. The van der Waals surface area contributed by atoms with E-state index in [1.54, 1.807) is 31.5 Å². The van der Waals surface area contributed by atoms with Gasteiger partial charge in [0.15, 0.2) is 6.61 Å². The molecule has 26 heavy (non-hydrogen) atoms. The van der Waals surface area contributed by atoms with Crippen LogP contribution >= 0.6 is 15.9 Å². The number of methoxy groups -OCH3 is 1. The number of para-hydroxylation sites is 1. The summed E-state index contributed by atoms with van der Waals surface area (Å²) in [5.74, 6) is -0.190. The predicted molar refractivity (Wildman–Crippen MR) is 103 cm³/mol. The lowest BCUT2D eigenvalue weighted by atomic mass is 10.1. The summed E-state index contributed by atoms with van der Waals surface area (Å²) in [4.78, 5) is 27.8. The van der Waals surface area contributed by atoms with Crippen LogP contribution in [0.5, 0.6) is 5.75 Å². The van der Waals surface area contributed by atoms with E-state index >= 15 is 0 Å². The molecule has 6 heteroatoms. The monoisotopic (exact) mass is 415 g/mol. The largest absolute Gasteiger partial charge is 0.496 e. The van der Waals surface area contributed by atoms with Gasteiger partial charge < -0.3 is 14.5 Å². The van der Waals surface area contributed by atoms with E-state index in [-0.39, 0.29) is 12.4 Å². The molecule has 0 aliphatic rings. The van der Waals surface area contributed by atoms with Gasteiger partial charge in [0.1, 0.15) is 5.75 Å². The van der Waals surface area contributed by atoms with Crippen LogP contribution in [-0.4, -0.2) is 30.5 Å². The highest BCUT2D eigenvalue weighted by atomic mass is 79.9. The van der Waals surface area contributed by atoms with Crippen molar-refractivity contribution >= 4 is 38.6 Å². The molecular weight excluding hydrogens is 398 g/mol. The standard InChI is InChI=1S/C20H18BrNO4/c1-3-12-5-4-6-14-15(10-22-19(12)14)17(23)11-26-20(24)13-7-8-18(25-2)16(21)9-13/h4-10,22H,3,11H2,1-2H3. The van der Waals surface area contributed by atoms with E-state index in [0.717, 1.165) is 22.9 Å². The molecule has 0 aliphatic carbocycles. The van der Waals surface area contributed by atoms with Gasteiger partial charge in [-0.15, -0.1) is 0 Å². The minimum absolute atomic E-state index is 0.245. The highest BCUT2D eigenvalue weighted by Gasteiger charge is 2.17. The van der Waals surface area contributed by atoms with Crippen LogP contribution in [0.15, 0.2) is 47.1 Å². The quantitative estimate of drug-likeness (QED) is 0.473. The molecule has 0 unspecified atom stereocenters. The molecule has 0 aliphatic heterocycles. The Hall–Kier alpha value is -2.60. The van der Waals surface area contributed by atoms with E-state index in [0.29, 0.717) is 21.3 Å². The SMILES string of the molecule is CCc1cccc2c(C(=O)COC(=O)c3ccc(OC)c(Br)c3)c[nH]c12. The van der Waals surface area contributed by atoms with Crippen LogP contribution in [0.1, 0.15) is 33.2 Å². The summed E-state index contributed by atoms with van der Waals surface area (Å²) < 4.78 is 11.0. The van der Waals surface area contributed by atoms with E-state index in [1.807, 2.05) is 18.2 Å². The van der Waals surface area contributed by atoms with Gasteiger partial charge in [-0.3, -0.25) is 4.79 Å². The fraction of sp³-hybridized carbons (Fsp3) is 0.200. The first-order valence-electron chi connectivity index (χ1n) is 8.18. The smallest absolute Gasteiger partial charge is 0.338 e. The Balaban J connectivity index is 1.73. The molecule has 0 amide bonds. The summed E-state index contributed by atoms with van der Waals surface area (Å²) in [5, 5.41) is 0.845. The normalized spacial score (nSPS) is 10.7. The Kier molecular flexibility index (Phi) is 5.42. The second kappa shape index (κ2) is 7.74. The lowest BCUT2D eigenvalue weighted by molar-refractivity contribution is 0.0475. The van der Waals surface area contributed by atoms with Crippen LogP contribution in [-0.2, 0) is 11.2 Å². The van der Waals surface area contributed by atoms with Gasteiger partial charge in [-0.1, -0.05) is 25.1 Å². The topological polar surface area (TPSA) is 68.4 Å². The Morgan fingerprint density at radius 1 is 1.19 bits per heavy atom. The van der Waals surface area contributed by atoms with Crippen molar-refractivity contribution in [3.8, 4) is 5.75 Å². The van der Waals surface area contributed by atoms with Crippen molar-refractivity contribution < 1.29 is 19.1 Å². The molecule has 134 valence electrons. The summed E-state index contributed by atoms with van der Waals surface area (Å²) in [5.41, 5.74) is 2.96. The molecule has 3 rings (SSSR count). The predicted octanol–water partition coefficient (Wildman–Crippen LogP) is 4.54. The van der Waals surface area contributed by atoms with E-state index in [2.05, 4.69) is 27.8 Å². The van der Waals surface area contributed by atoms with Crippen molar-refractivity contribution in [2.24, 2.45) is 0 Å². The number of halogens is 1. The number of hydrogen-bond donors (Lipinski definition) is 1. The van der Waals surface area contributed by atoms with Gasteiger partial charge in [0.25, 0.3) is 0 Å². The van der Waals surface area contributed by atoms with Gasteiger partial charge in [0.05, 0.1) is 17.1 Å². The number of aryl methyl sites for hydroxylation is 1. The molecule has 0 spiro atoms. The molecule has 0 saturated heterocycles.